The van der Waals surface area contributed by atoms with E-state index in [4.69, 9.17) is 5.11 Å². The molecule has 14 heavy (non-hydrogen) atoms. The van der Waals surface area contributed by atoms with Crippen LogP contribution in [0.1, 0.15) is 53.4 Å². The molecule has 86 valence electrons. The van der Waals surface area contributed by atoms with E-state index in [2.05, 4.69) is 33.0 Å². The van der Waals surface area contributed by atoms with E-state index in [1.165, 1.54) is 19.3 Å². The molecule has 0 rings (SSSR count). The van der Waals surface area contributed by atoms with Gasteiger partial charge in [0.1, 0.15) is 0 Å². The molecule has 0 amide bonds. The minimum atomic E-state index is 0.255. The van der Waals surface area contributed by atoms with Crippen molar-refractivity contribution in [1.82, 2.24) is 5.32 Å². The molecule has 0 aromatic heterocycles. The predicted octanol–water partition coefficient (Wildman–Crippen LogP) is 2.56. The first-order valence-corrected chi connectivity index (χ1v) is 5.97. The van der Waals surface area contributed by atoms with Crippen LogP contribution in [0, 0.1) is 5.92 Å². The third-order valence-corrected chi connectivity index (χ3v) is 2.65. The molecule has 0 aromatic rings. The Hall–Kier alpha value is -0.0800. The van der Waals surface area contributed by atoms with Crippen LogP contribution in [-0.2, 0) is 0 Å². The summed E-state index contributed by atoms with van der Waals surface area (Å²) in [6.45, 7) is 9.10. The van der Waals surface area contributed by atoms with E-state index < -0.39 is 0 Å². The first kappa shape index (κ1) is 13.9. The number of hydrogen-bond acceptors (Lipinski definition) is 2. The Morgan fingerprint density at radius 2 is 1.79 bits per heavy atom. The van der Waals surface area contributed by atoms with Crippen molar-refractivity contribution in [2.24, 2.45) is 5.92 Å². The lowest BCUT2D eigenvalue weighted by Crippen LogP contribution is -2.38. The van der Waals surface area contributed by atoms with Gasteiger partial charge < -0.3 is 10.4 Å². The monoisotopic (exact) mass is 201 g/mol. The summed E-state index contributed by atoms with van der Waals surface area (Å²) in [7, 11) is 0. The third kappa shape index (κ3) is 7.34. The molecule has 2 nitrogen and oxygen atoms in total. The molecule has 0 spiro atoms. The van der Waals surface area contributed by atoms with Gasteiger partial charge in [0.05, 0.1) is 6.61 Å². The van der Waals surface area contributed by atoms with Gasteiger partial charge in [-0.3, -0.25) is 0 Å². The second-order valence-electron chi connectivity index (χ2n) is 4.68. The van der Waals surface area contributed by atoms with Crippen molar-refractivity contribution in [2.45, 2.75) is 65.5 Å². The fraction of sp³-hybridized carbons (Fsp3) is 1.00. The highest BCUT2D eigenvalue weighted by atomic mass is 16.3. The van der Waals surface area contributed by atoms with Crippen LogP contribution in [0.3, 0.4) is 0 Å². The highest BCUT2D eigenvalue weighted by Gasteiger charge is 2.08. The van der Waals surface area contributed by atoms with Crippen LogP contribution in [0.25, 0.3) is 0 Å². The second kappa shape index (κ2) is 8.25. The van der Waals surface area contributed by atoms with E-state index in [0.717, 1.165) is 12.3 Å². The molecule has 0 bridgehead atoms. The Bertz CT molecular complexity index is 121. The molecule has 0 aliphatic heterocycles. The van der Waals surface area contributed by atoms with Crippen molar-refractivity contribution in [3.63, 3.8) is 0 Å². The lowest BCUT2D eigenvalue weighted by atomic mass is 10.0. The van der Waals surface area contributed by atoms with E-state index in [-0.39, 0.29) is 12.6 Å². The van der Waals surface area contributed by atoms with E-state index >= 15 is 0 Å². The maximum atomic E-state index is 9.03. The van der Waals surface area contributed by atoms with Gasteiger partial charge in [0.25, 0.3) is 0 Å². The summed E-state index contributed by atoms with van der Waals surface area (Å²) in [6, 6.07) is 0.815. The molecule has 0 radical (unpaired) electrons. The van der Waals surface area contributed by atoms with Gasteiger partial charge in [-0.1, -0.05) is 33.6 Å². The smallest absolute Gasteiger partial charge is 0.0584 e. The molecule has 1 unspecified atom stereocenters. The molecule has 2 N–H and O–H groups in total. The number of rotatable bonds is 8. The summed E-state index contributed by atoms with van der Waals surface area (Å²) in [5.41, 5.74) is 0. The van der Waals surface area contributed by atoms with Crippen molar-refractivity contribution >= 4 is 0 Å². The van der Waals surface area contributed by atoms with E-state index in [9.17, 15) is 0 Å². The zero-order chi connectivity index (χ0) is 11.0. The van der Waals surface area contributed by atoms with Crippen molar-refractivity contribution in [1.29, 1.82) is 0 Å². The Balaban J connectivity index is 3.48. The maximum Gasteiger partial charge on any atom is 0.0584 e. The number of nitrogens with one attached hydrogen (secondary N) is 1. The van der Waals surface area contributed by atoms with E-state index in [1.807, 2.05) is 0 Å². The summed E-state index contributed by atoms with van der Waals surface area (Å²) in [5, 5.41) is 12.5. The van der Waals surface area contributed by atoms with Gasteiger partial charge in [-0.05, 0) is 25.7 Å². The molecular formula is C12H27NO. The van der Waals surface area contributed by atoms with Crippen LogP contribution in [0.4, 0.5) is 0 Å². The standard InChI is InChI=1S/C12H27NO/c1-5-12(9-14)13-11(4)8-6-7-10(2)3/h10-14H,5-9H2,1-4H3/t11?,12-/m1/s1. The van der Waals surface area contributed by atoms with Crippen LogP contribution >= 0.6 is 0 Å². The summed E-state index contributed by atoms with van der Waals surface area (Å²) in [6.07, 6.45) is 4.81. The number of aliphatic hydroxyl groups excluding tert-OH is 1. The van der Waals surface area contributed by atoms with Gasteiger partial charge in [-0.15, -0.1) is 0 Å². The summed E-state index contributed by atoms with van der Waals surface area (Å²) in [5.74, 6) is 0.807. The lowest BCUT2D eigenvalue weighted by Gasteiger charge is -2.20. The molecule has 0 saturated carbocycles. The first-order chi connectivity index (χ1) is 6.60. The highest BCUT2D eigenvalue weighted by molar-refractivity contribution is 4.69. The Morgan fingerprint density at radius 3 is 2.21 bits per heavy atom. The summed E-state index contributed by atoms with van der Waals surface area (Å²) in [4.78, 5) is 0. The quantitative estimate of drug-likeness (QED) is 0.632. The van der Waals surface area contributed by atoms with E-state index in [1.54, 1.807) is 0 Å². The van der Waals surface area contributed by atoms with Crippen LogP contribution in [0.2, 0.25) is 0 Å². The van der Waals surface area contributed by atoms with Gasteiger partial charge in [-0.2, -0.15) is 0 Å². The Morgan fingerprint density at radius 1 is 1.14 bits per heavy atom. The molecule has 2 heteroatoms. The van der Waals surface area contributed by atoms with Crippen LogP contribution < -0.4 is 5.32 Å². The fourth-order valence-electron chi connectivity index (χ4n) is 1.62. The largest absolute Gasteiger partial charge is 0.395 e. The van der Waals surface area contributed by atoms with Crippen LogP contribution in [0.5, 0.6) is 0 Å². The molecule has 0 aliphatic carbocycles. The number of hydrogen-bond donors (Lipinski definition) is 2. The van der Waals surface area contributed by atoms with Crippen LogP contribution in [0.15, 0.2) is 0 Å². The van der Waals surface area contributed by atoms with Gasteiger partial charge in [0, 0.05) is 12.1 Å². The van der Waals surface area contributed by atoms with Crippen LogP contribution in [-0.4, -0.2) is 23.8 Å². The molecular weight excluding hydrogens is 174 g/mol. The molecule has 0 aromatic carbocycles. The maximum absolute atomic E-state index is 9.03. The SMILES string of the molecule is CC[C@H](CO)NC(C)CCCC(C)C. The fourth-order valence-corrected chi connectivity index (χ4v) is 1.62. The Labute approximate surface area is 89.1 Å². The molecule has 0 fully saturated rings. The van der Waals surface area contributed by atoms with Crippen molar-refractivity contribution in [2.75, 3.05) is 6.61 Å². The Kier molecular flexibility index (Phi) is 8.20. The van der Waals surface area contributed by atoms with Gasteiger partial charge >= 0.3 is 0 Å². The lowest BCUT2D eigenvalue weighted by molar-refractivity contribution is 0.226. The third-order valence-electron chi connectivity index (χ3n) is 2.65. The van der Waals surface area contributed by atoms with Gasteiger partial charge in [0.15, 0.2) is 0 Å². The molecule has 0 saturated heterocycles. The predicted molar refractivity (Wildman–Crippen MR) is 62.5 cm³/mol. The van der Waals surface area contributed by atoms with Crippen molar-refractivity contribution in [3.05, 3.63) is 0 Å². The van der Waals surface area contributed by atoms with E-state index in [0.29, 0.717) is 6.04 Å². The van der Waals surface area contributed by atoms with Crippen molar-refractivity contribution in [3.8, 4) is 0 Å². The zero-order valence-corrected chi connectivity index (χ0v) is 10.2. The first-order valence-electron chi connectivity index (χ1n) is 5.97. The molecule has 0 aliphatic rings. The summed E-state index contributed by atoms with van der Waals surface area (Å²) >= 11 is 0. The second-order valence-corrected chi connectivity index (χ2v) is 4.68. The average Bonchev–Trinajstić information content (AvgIpc) is 2.13. The average molecular weight is 201 g/mol. The number of aliphatic hydroxyl groups is 1. The molecule has 0 heterocycles. The van der Waals surface area contributed by atoms with Gasteiger partial charge in [-0.25, -0.2) is 0 Å². The van der Waals surface area contributed by atoms with Gasteiger partial charge in [0.2, 0.25) is 0 Å². The topological polar surface area (TPSA) is 32.3 Å². The normalized spacial score (nSPS) is 15.9. The molecule has 2 atom stereocenters. The zero-order valence-electron chi connectivity index (χ0n) is 10.2. The minimum absolute atomic E-state index is 0.255. The minimum Gasteiger partial charge on any atom is -0.395 e. The summed E-state index contributed by atoms with van der Waals surface area (Å²) < 4.78 is 0. The highest BCUT2D eigenvalue weighted by Crippen LogP contribution is 2.08. The van der Waals surface area contributed by atoms with Crippen molar-refractivity contribution < 1.29 is 5.11 Å².